The molecule has 0 saturated carbocycles. The Morgan fingerprint density at radius 3 is 2.82 bits per heavy atom. The van der Waals surface area contributed by atoms with E-state index in [-0.39, 0.29) is 11.3 Å². The van der Waals surface area contributed by atoms with Gasteiger partial charge in [0.05, 0.1) is 5.56 Å². The number of hydrogen-bond acceptors (Lipinski definition) is 4. The quantitative estimate of drug-likeness (QED) is 0.680. The highest BCUT2D eigenvalue weighted by molar-refractivity contribution is 7.99. The molecule has 1 aromatic rings. The monoisotopic (exact) mass is 254 g/mol. The Bertz CT molecular complexity index is 396. The fraction of sp³-hybridized carbons (Fsp3) is 0.417. The molecule has 1 rings (SSSR count). The van der Waals surface area contributed by atoms with Crippen LogP contribution in [-0.2, 0) is 0 Å². The molecule has 0 bridgehead atoms. The van der Waals surface area contributed by atoms with E-state index in [1.54, 1.807) is 12.1 Å². The summed E-state index contributed by atoms with van der Waals surface area (Å²) >= 11 is 1.86. The maximum absolute atomic E-state index is 10.8. The van der Waals surface area contributed by atoms with Crippen LogP contribution < -0.4 is 11.1 Å². The van der Waals surface area contributed by atoms with Crippen LogP contribution in [0, 0.1) is 0 Å². The molecule has 94 valence electrons. The van der Waals surface area contributed by atoms with E-state index in [0.717, 1.165) is 17.2 Å². The van der Waals surface area contributed by atoms with Crippen LogP contribution in [0.25, 0.3) is 0 Å². The van der Waals surface area contributed by atoms with Crippen LogP contribution >= 0.6 is 11.8 Å². The molecule has 0 aliphatic heterocycles. The molecule has 0 fully saturated rings. The van der Waals surface area contributed by atoms with Gasteiger partial charge in [-0.3, -0.25) is 0 Å². The van der Waals surface area contributed by atoms with E-state index in [9.17, 15) is 4.79 Å². The van der Waals surface area contributed by atoms with Crippen molar-refractivity contribution in [1.29, 1.82) is 0 Å². The molecule has 0 amide bonds. The molecule has 0 spiro atoms. The molecule has 17 heavy (non-hydrogen) atoms. The molecule has 0 heterocycles. The number of thioether (sulfide) groups is 1. The zero-order valence-electron chi connectivity index (χ0n) is 10.1. The Balaban J connectivity index is 2.67. The Morgan fingerprint density at radius 2 is 2.29 bits per heavy atom. The maximum atomic E-state index is 10.8. The van der Waals surface area contributed by atoms with Gasteiger partial charge in [-0.25, -0.2) is 4.79 Å². The Labute approximate surface area is 106 Å². The Hall–Kier alpha value is -1.36. The highest BCUT2D eigenvalue weighted by Crippen LogP contribution is 2.19. The normalized spacial score (nSPS) is 12.1. The summed E-state index contributed by atoms with van der Waals surface area (Å²) in [6.45, 7) is 4.21. The van der Waals surface area contributed by atoms with Crippen LogP contribution in [0.5, 0.6) is 0 Å². The van der Waals surface area contributed by atoms with Crippen molar-refractivity contribution < 1.29 is 9.90 Å². The third-order valence-corrected chi connectivity index (χ3v) is 3.41. The lowest BCUT2D eigenvalue weighted by Gasteiger charge is -2.15. The SMILES string of the molecule is CCSCC(C)Nc1ccc(C(=O)O)c(N)c1. The summed E-state index contributed by atoms with van der Waals surface area (Å²) in [5, 5.41) is 12.1. The summed E-state index contributed by atoms with van der Waals surface area (Å²) in [4.78, 5) is 10.8. The van der Waals surface area contributed by atoms with Gasteiger partial charge in [-0.2, -0.15) is 11.8 Å². The molecule has 1 unspecified atom stereocenters. The molecule has 0 radical (unpaired) electrons. The van der Waals surface area contributed by atoms with Crippen molar-refractivity contribution in [3.8, 4) is 0 Å². The van der Waals surface area contributed by atoms with E-state index >= 15 is 0 Å². The van der Waals surface area contributed by atoms with E-state index in [0.29, 0.717) is 6.04 Å². The molecular formula is C12H18N2O2S. The van der Waals surface area contributed by atoms with Gasteiger partial charge in [0.2, 0.25) is 0 Å². The second-order valence-electron chi connectivity index (χ2n) is 3.81. The number of aromatic carboxylic acids is 1. The molecule has 0 aromatic heterocycles. The van der Waals surface area contributed by atoms with Gasteiger partial charge in [0.1, 0.15) is 0 Å². The number of anilines is 2. The fourth-order valence-electron chi connectivity index (χ4n) is 1.47. The van der Waals surface area contributed by atoms with Crippen LogP contribution in [0.2, 0.25) is 0 Å². The van der Waals surface area contributed by atoms with Crippen molar-refractivity contribution in [2.45, 2.75) is 19.9 Å². The largest absolute Gasteiger partial charge is 0.478 e. The smallest absolute Gasteiger partial charge is 0.337 e. The lowest BCUT2D eigenvalue weighted by atomic mass is 10.1. The number of rotatable bonds is 6. The van der Waals surface area contributed by atoms with Gasteiger partial charge in [-0.15, -0.1) is 0 Å². The summed E-state index contributed by atoms with van der Waals surface area (Å²) in [5.41, 5.74) is 6.96. The van der Waals surface area contributed by atoms with Crippen molar-refractivity contribution in [1.82, 2.24) is 0 Å². The second kappa shape index (κ2) is 6.39. The van der Waals surface area contributed by atoms with E-state index in [4.69, 9.17) is 10.8 Å². The molecule has 5 heteroatoms. The van der Waals surface area contributed by atoms with E-state index in [1.807, 2.05) is 11.8 Å². The van der Waals surface area contributed by atoms with Gasteiger partial charge >= 0.3 is 5.97 Å². The fourth-order valence-corrected chi connectivity index (χ4v) is 2.14. The van der Waals surface area contributed by atoms with Crippen molar-refractivity contribution in [3.05, 3.63) is 23.8 Å². The summed E-state index contributed by atoms with van der Waals surface area (Å²) in [6.07, 6.45) is 0. The minimum atomic E-state index is -0.997. The summed E-state index contributed by atoms with van der Waals surface area (Å²) in [5.74, 6) is 1.10. The summed E-state index contributed by atoms with van der Waals surface area (Å²) < 4.78 is 0. The summed E-state index contributed by atoms with van der Waals surface area (Å²) in [7, 11) is 0. The molecule has 0 aliphatic carbocycles. The zero-order chi connectivity index (χ0) is 12.8. The number of carboxylic acids is 1. The highest BCUT2D eigenvalue weighted by atomic mass is 32.2. The van der Waals surface area contributed by atoms with Crippen LogP contribution in [0.1, 0.15) is 24.2 Å². The molecular weight excluding hydrogens is 236 g/mol. The molecule has 4 N–H and O–H groups in total. The number of carbonyl (C=O) groups is 1. The predicted molar refractivity (Wildman–Crippen MR) is 73.9 cm³/mol. The van der Waals surface area contributed by atoms with Crippen LogP contribution in [-0.4, -0.2) is 28.6 Å². The lowest BCUT2D eigenvalue weighted by molar-refractivity contribution is 0.0698. The first-order chi connectivity index (χ1) is 8.04. The van der Waals surface area contributed by atoms with Gasteiger partial charge in [-0.05, 0) is 30.9 Å². The standard InChI is InChI=1S/C12H18N2O2S/c1-3-17-7-8(2)14-9-4-5-10(12(15)16)11(13)6-9/h4-6,8,14H,3,7,13H2,1-2H3,(H,15,16). The third-order valence-electron chi connectivity index (χ3n) is 2.27. The minimum absolute atomic E-state index is 0.145. The number of hydrogen-bond donors (Lipinski definition) is 3. The van der Waals surface area contributed by atoms with Crippen LogP contribution in [0.15, 0.2) is 18.2 Å². The molecule has 0 aliphatic rings. The lowest BCUT2D eigenvalue weighted by Crippen LogP contribution is -2.18. The maximum Gasteiger partial charge on any atom is 0.337 e. The third kappa shape index (κ3) is 4.19. The number of nitrogens with one attached hydrogen (secondary N) is 1. The summed E-state index contributed by atoms with van der Waals surface area (Å²) in [6, 6.07) is 5.26. The van der Waals surface area contributed by atoms with Crippen molar-refractivity contribution >= 4 is 29.1 Å². The first kappa shape index (κ1) is 13.7. The predicted octanol–water partition coefficient (Wildman–Crippen LogP) is 2.52. The number of nitrogens with two attached hydrogens (primary N) is 1. The Morgan fingerprint density at radius 1 is 1.59 bits per heavy atom. The van der Waals surface area contributed by atoms with Crippen molar-refractivity contribution in [2.75, 3.05) is 22.6 Å². The van der Waals surface area contributed by atoms with Crippen molar-refractivity contribution in [3.63, 3.8) is 0 Å². The van der Waals surface area contributed by atoms with Gasteiger partial charge in [0.25, 0.3) is 0 Å². The van der Waals surface area contributed by atoms with E-state index in [2.05, 4.69) is 19.2 Å². The Kier molecular flexibility index (Phi) is 5.15. The minimum Gasteiger partial charge on any atom is -0.478 e. The average molecular weight is 254 g/mol. The number of carboxylic acid groups (broad SMARTS) is 1. The van der Waals surface area contributed by atoms with Gasteiger partial charge in [0, 0.05) is 23.2 Å². The number of benzene rings is 1. The van der Waals surface area contributed by atoms with Crippen LogP contribution in [0.3, 0.4) is 0 Å². The van der Waals surface area contributed by atoms with E-state index < -0.39 is 5.97 Å². The van der Waals surface area contributed by atoms with E-state index in [1.165, 1.54) is 6.07 Å². The van der Waals surface area contributed by atoms with Crippen LogP contribution in [0.4, 0.5) is 11.4 Å². The topological polar surface area (TPSA) is 75.3 Å². The molecule has 0 saturated heterocycles. The molecule has 4 nitrogen and oxygen atoms in total. The second-order valence-corrected chi connectivity index (χ2v) is 5.13. The van der Waals surface area contributed by atoms with Gasteiger partial charge in [-0.1, -0.05) is 6.92 Å². The van der Waals surface area contributed by atoms with Gasteiger partial charge in [0.15, 0.2) is 0 Å². The van der Waals surface area contributed by atoms with Gasteiger partial charge < -0.3 is 16.2 Å². The average Bonchev–Trinajstić information content (AvgIpc) is 2.26. The first-order valence-electron chi connectivity index (χ1n) is 5.51. The number of nitrogen functional groups attached to an aromatic ring is 1. The van der Waals surface area contributed by atoms with Crippen molar-refractivity contribution in [2.24, 2.45) is 0 Å². The highest BCUT2D eigenvalue weighted by Gasteiger charge is 2.09. The molecule has 1 aromatic carbocycles. The first-order valence-corrected chi connectivity index (χ1v) is 6.67. The zero-order valence-corrected chi connectivity index (χ0v) is 10.9. The molecule has 1 atom stereocenters.